The van der Waals surface area contributed by atoms with Gasteiger partial charge in [0.15, 0.2) is 5.58 Å². The number of aromatic nitrogens is 4. The molecule has 0 fully saturated rings. The van der Waals surface area contributed by atoms with Crippen molar-refractivity contribution in [1.29, 1.82) is 0 Å². The van der Waals surface area contributed by atoms with Gasteiger partial charge in [0.1, 0.15) is 11.8 Å². The fourth-order valence-electron chi connectivity index (χ4n) is 5.36. The molecule has 6 heteroatoms. The fraction of sp³-hybridized carbons (Fsp3) is 0. The first-order valence-corrected chi connectivity index (χ1v) is 12.7. The molecule has 4 aromatic carbocycles. The van der Waals surface area contributed by atoms with Crippen LogP contribution in [0.25, 0.3) is 72.8 Å². The molecule has 0 bridgehead atoms. The molecule has 0 amide bonds. The molecule has 0 aliphatic rings. The highest BCUT2D eigenvalue weighted by Crippen LogP contribution is 2.41. The van der Waals surface area contributed by atoms with E-state index in [1.165, 1.54) is 0 Å². The Bertz CT molecular complexity index is 2090. The molecule has 39 heavy (non-hydrogen) atoms. The average molecular weight is 505 g/mol. The molecule has 0 aliphatic heterocycles. The Morgan fingerprint density at radius 1 is 0.641 bits per heavy atom. The minimum absolute atomic E-state index is 0.545. The van der Waals surface area contributed by atoms with Crippen molar-refractivity contribution >= 4 is 32.9 Å². The third-order valence-electron chi connectivity index (χ3n) is 7.04. The molecule has 0 atom stereocenters. The van der Waals surface area contributed by atoms with Gasteiger partial charge in [-0.2, -0.15) is 0 Å². The number of para-hydroxylation sites is 3. The lowest BCUT2D eigenvalue weighted by Gasteiger charge is -2.11. The lowest BCUT2D eigenvalue weighted by molar-refractivity contribution is 0.575. The van der Waals surface area contributed by atoms with Gasteiger partial charge in [0, 0.05) is 39.3 Å². The second kappa shape index (κ2) is 8.53. The summed E-state index contributed by atoms with van der Waals surface area (Å²) in [7, 11) is 0. The number of hydrogen-bond donors (Lipinski definition) is 0. The number of rotatable bonds is 4. The summed E-state index contributed by atoms with van der Waals surface area (Å²) < 4.78 is 14.3. The molecule has 0 unspecified atom stereocenters. The molecule has 0 saturated carbocycles. The van der Waals surface area contributed by atoms with Crippen LogP contribution in [0, 0.1) is 0 Å². The topological polar surface area (TPSA) is 69.9 Å². The van der Waals surface area contributed by atoms with Crippen LogP contribution in [0.3, 0.4) is 0 Å². The monoisotopic (exact) mass is 504 g/mol. The molecule has 0 saturated heterocycles. The van der Waals surface area contributed by atoms with Crippen LogP contribution in [-0.2, 0) is 0 Å². The van der Waals surface area contributed by atoms with Gasteiger partial charge >= 0.3 is 0 Å². The van der Waals surface area contributed by atoms with Gasteiger partial charge in [0.05, 0.1) is 22.9 Å². The Morgan fingerprint density at radius 3 is 2.41 bits per heavy atom. The molecular weight excluding hydrogens is 484 g/mol. The zero-order valence-corrected chi connectivity index (χ0v) is 20.7. The van der Waals surface area contributed by atoms with E-state index < -0.39 is 0 Å². The van der Waals surface area contributed by atoms with Gasteiger partial charge in [0.2, 0.25) is 11.8 Å². The Balaban J connectivity index is 1.46. The maximum atomic E-state index is 6.19. The summed E-state index contributed by atoms with van der Waals surface area (Å²) in [6.45, 7) is 0. The number of fused-ring (bicyclic) bond motifs is 4. The second-order valence-electron chi connectivity index (χ2n) is 9.36. The summed E-state index contributed by atoms with van der Waals surface area (Å²) in [5.74, 6) is 1.09. The van der Waals surface area contributed by atoms with Crippen LogP contribution in [0.1, 0.15) is 0 Å². The molecule has 6 nitrogen and oxygen atoms in total. The summed E-state index contributed by atoms with van der Waals surface area (Å²) >= 11 is 0. The SMILES string of the molecule is c1ccc(-c2cccc(-n3c4ccccc4c4c(-c5ncco5)cc(-c5nc6ccccc6o5)cc43)c2)nc1. The van der Waals surface area contributed by atoms with Crippen molar-refractivity contribution in [3.8, 4) is 39.9 Å². The van der Waals surface area contributed by atoms with Gasteiger partial charge < -0.3 is 13.4 Å². The van der Waals surface area contributed by atoms with E-state index in [0.717, 1.165) is 61.0 Å². The Hall–Kier alpha value is -5.49. The molecule has 0 radical (unpaired) electrons. The third kappa shape index (κ3) is 3.46. The summed E-state index contributed by atoms with van der Waals surface area (Å²) in [6.07, 6.45) is 5.09. The lowest BCUT2D eigenvalue weighted by atomic mass is 10.0. The summed E-state index contributed by atoms with van der Waals surface area (Å²) in [6, 6.07) is 34.8. The summed E-state index contributed by atoms with van der Waals surface area (Å²) in [5, 5.41) is 2.16. The first-order valence-electron chi connectivity index (χ1n) is 12.7. The predicted molar refractivity (Wildman–Crippen MR) is 153 cm³/mol. The smallest absolute Gasteiger partial charge is 0.227 e. The third-order valence-corrected chi connectivity index (χ3v) is 7.04. The summed E-state index contributed by atoms with van der Waals surface area (Å²) in [4.78, 5) is 13.9. The lowest BCUT2D eigenvalue weighted by Crippen LogP contribution is -1.95. The zero-order chi connectivity index (χ0) is 25.8. The van der Waals surface area contributed by atoms with E-state index in [-0.39, 0.29) is 0 Å². The maximum Gasteiger partial charge on any atom is 0.227 e. The average Bonchev–Trinajstić information content (AvgIpc) is 3.75. The second-order valence-corrected chi connectivity index (χ2v) is 9.36. The van der Waals surface area contributed by atoms with Crippen LogP contribution in [0.4, 0.5) is 0 Å². The van der Waals surface area contributed by atoms with Crippen LogP contribution < -0.4 is 0 Å². The molecule has 4 heterocycles. The van der Waals surface area contributed by atoms with Crippen LogP contribution >= 0.6 is 0 Å². The number of pyridine rings is 1. The van der Waals surface area contributed by atoms with E-state index in [1.807, 2.05) is 48.7 Å². The largest absolute Gasteiger partial charge is 0.445 e. The predicted octanol–water partition coefficient (Wildman–Crippen LogP) is 8.31. The highest BCUT2D eigenvalue weighted by Gasteiger charge is 2.21. The van der Waals surface area contributed by atoms with E-state index >= 15 is 0 Å². The molecule has 184 valence electrons. The Morgan fingerprint density at radius 2 is 1.54 bits per heavy atom. The van der Waals surface area contributed by atoms with Crippen molar-refractivity contribution in [1.82, 2.24) is 19.5 Å². The minimum atomic E-state index is 0.545. The fourth-order valence-corrected chi connectivity index (χ4v) is 5.36. The van der Waals surface area contributed by atoms with Crippen LogP contribution in [0.5, 0.6) is 0 Å². The van der Waals surface area contributed by atoms with Crippen molar-refractivity contribution in [3.05, 3.63) is 122 Å². The molecule has 0 spiro atoms. The molecule has 8 rings (SSSR count). The maximum absolute atomic E-state index is 6.19. The summed E-state index contributed by atoms with van der Waals surface area (Å²) in [5.41, 5.74) is 8.35. The first-order chi connectivity index (χ1) is 19.3. The van der Waals surface area contributed by atoms with Crippen LogP contribution in [0.15, 0.2) is 131 Å². The van der Waals surface area contributed by atoms with Gasteiger partial charge in [0.25, 0.3) is 0 Å². The standard InChI is InChI=1S/C33H20N4O2/c1-3-13-28-24(10-1)31-25(33-35-16-17-38-33)19-22(32-36-27-12-2-4-14-30(27)39-32)20-29(31)37(28)23-9-7-8-21(18-23)26-11-5-6-15-34-26/h1-20H. The van der Waals surface area contributed by atoms with E-state index in [1.54, 1.807) is 12.5 Å². The Kier molecular flexibility index (Phi) is 4.72. The Labute approximate surface area is 222 Å². The zero-order valence-electron chi connectivity index (χ0n) is 20.7. The highest BCUT2D eigenvalue weighted by atomic mass is 16.3. The van der Waals surface area contributed by atoms with Crippen LogP contribution in [-0.4, -0.2) is 19.5 Å². The highest BCUT2D eigenvalue weighted by molar-refractivity contribution is 6.16. The number of benzene rings is 4. The molecule has 8 aromatic rings. The van der Waals surface area contributed by atoms with E-state index in [9.17, 15) is 0 Å². The van der Waals surface area contributed by atoms with Gasteiger partial charge in [-0.05, 0) is 54.6 Å². The first kappa shape index (κ1) is 21.6. The molecular formula is C33H20N4O2. The van der Waals surface area contributed by atoms with Gasteiger partial charge in [-0.1, -0.05) is 48.5 Å². The van der Waals surface area contributed by atoms with Gasteiger partial charge in [-0.3, -0.25) is 4.98 Å². The van der Waals surface area contributed by atoms with E-state index in [2.05, 4.69) is 75.2 Å². The van der Waals surface area contributed by atoms with E-state index in [4.69, 9.17) is 13.8 Å². The van der Waals surface area contributed by atoms with Gasteiger partial charge in [-0.25, -0.2) is 9.97 Å². The van der Waals surface area contributed by atoms with Crippen molar-refractivity contribution in [2.45, 2.75) is 0 Å². The van der Waals surface area contributed by atoms with Crippen molar-refractivity contribution in [2.75, 3.05) is 0 Å². The number of nitrogens with zero attached hydrogens (tertiary/aromatic N) is 4. The van der Waals surface area contributed by atoms with Crippen molar-refractivity contribution in [3.63, 3.8) is 0 Å². The van der Waals surface area contributed by atoms with Crippen molar-refractivity contribution in [2.24, 2.45) is 0 Å². The van der Waals surface area contributed by atoms with Crippen LogP contribution in [0.2, 0.25) is 0 Å². The minimum Gasteiger partial charge on any atom is -0.445 e. The van der Waals surface area contributed by atoms with Crippen molar-refractivity contribution < 1.29 is 8.83 Å². The molecule has 0 aliphatic carbocycles. The quantitative estimate of drug-likeness (QED) is 0.241. The number of oxazole rings is 2. The van der Waals surface area contributed by atoms with Gasteiger partial charge in [-0.15, -0.1) is 0 Å². The molecule has 4 aromatic heterocycles. The van der Waals surface area contributed by atoms with E-state index in [0.29, 0.717) is 11.8 Å². The number of hydrogen-bond acceptors (Lipinski definition) is 5. The molecule has 0 N–H and O–H groups in total. The normalized spacial score (nSPS) is 11.6.